The van der Waals surface area contributed by atoms with Crippen LogP contribution in [0, 0.1) is 0 Å². The molecular formula is C15H25N3OS. The monoisotopic (exact) mass is 295 g/mol. The van der Waals surface area contributed by atoms with Gasteiger partial charge in [-0.05, 0) is 24.8 Å². The molecule has 2 atom stereocenters. The first-order chi connectivity index (χ1) is 9.72. The predicted octanol–water partition coefficient (Wildman–Crippen LogP) is 2.00. The summed E-state index contributed by atoms with van der Waals surface area (Å²) in [5.74, 6) is 0.152. The highest BCUT2D eigenvalue weighted by Crippen LogP contribution is 2.23. The Morgan fingerprint density at radius 3 is 2.85 bits per heavy atom. The van der Waals surface area contributed by atoms with Gasteiger partial charge < -0.3 is 10.6 Å². The Kier molecular flexibility index (Phi) is 6.01. The summed E-state index contributed by atoms with van der Waals surface area (Å²) in [7, 11) is 0. The maximum Gasteiger partial charge on any atom is 0.237 e. The van der Waals surface area contributed by atoms with E-state index in [1.165, 1.54) is 4.88 Å². The molecule has 5 heteroatoms. The van der Waals surface area contributed by atoms with E-state index in [1.54, 1.807) is 11.3 Å². The van der Waals surface area contributed by atoms with Gasteiger partial charge in [-0.25, -0.2) is 0 Å². The first-order valence-corrected chi connectivity index (χ1v) is 8.39. The van der Waals surface area contributed by atoms with E-state index >= 15 is 0 Å². The van der Waals surface area contributed by atoms with Crippen molar-refractivity contribution in [3.63, 3.8) is 0 Å². The third-order valence-electron chi connectivity index (χ3n) is 3.86. The number of piperazine rings is 1. The van der Waals surface area contributed by atoms with Crippen LogP contribution < -0.4 is 10.6 Å². The molecule has 2 unspecified atom stereocenters. The van der Waals surface area contributed by atoms with Gasteiger partial charge in [-0.1, -0.05) is 19.4 Å². The Morgan fingerprint density at radius 2 is 2.25 bits per heavy atom. The van der Waals surface area contributed by atoms with Crippen LogP contribution in [0.3, 0.4) is 0 Å². The second-order valence-corrected chi connectivity index (χ2v) is 6.31. The summed E-state index contributed by atoms with van der Waals surface area (Å²) in [4.78, 5) is 16.0. The molecule has 0 saturated carbocycles. The zero-order valence-corrected chi connectivity index (χ0v) is 13.2. The van der Waals surface area contributed by atoms with Gasteiger partial charge in [0, 0.05) is 31.1 Å². The van der Waals surface area contributed by atoms with Crippen LogP contribution in [-0.4, -0.2) is 43.0 Å². The molecule has 4 nitrogen and oxygen atoms in total. The molecule has 1 saturated heterocycles. The average Bonchev–Trinajstić information content (AvgIpc) is 3.01. The van der Waals surface area contributed by atoms with Crippen LogP contribution in [0.4, 0.5) is 0 Å². The van der Waals surface area contributed by atoms with E-state index < -0.39 is 0 Å². The van der Waals surface area contributed by atoms with Crippen LogP contribution in [0.2, 0.25) is 0 Å². The Balaban J connectivity index is 1.93. The maximum absolute atomic E-state index is 12.5. The van der Waals surface area contributed by atoms with Gasteiger partial charge in [0.15, 0.2) is 0 Å². The van der Waals surface area contributed by atoms with Gasteiger partial charge in [0.1, 0.15) is 0 Å². The highest BCUT2D eigenvalue weighted by molar-refractivity contribution is 7.10. The molecule has 1 aromatic rings. The van der Waals surface area contributed by atoms with E-state index in [9.17, 15) is 4.79 Å². The number of rotatable bonds is 6. The van der Waals surface area contributed by atoms with Gasteiger partial charge in [0.2, 0.25) is 5.91 Å². The molecule has 0 bridgehead atoms. The standard InChI is InChI=1S/C15H25N3OS/c1-3-5-13(14-6-4-11-20-14)17-15(19)12(2)18-9-7-16-8-10-18/h4,6,11-13,16H,3,5,7-10H2,1-2H3,(H,17,19). The SMILES string of the molecule is CCCC(NC(=O)C(C)N1CCNCC1)c1cccs1. The summed E-state index contributed by atoms with van der Waals surface area (Å²) in [5.41, 5.74) is 0. The summed E-state index contributed by atoms with van der Waals surface area (Å²) >= 11 is 1.72. The molecule has 1 fully saturated rings. The van der Waals surface area contributed by atoms with Crippen molar-refractivity contribution in [3.8, 4) is 0 Å². The summed E-state index contributed by atoms with van der Waals surface area (Å²) < 4.78 is 0. The van der Waals surface area contributed by atoms with Crippen molar-refractivity contribution < 1.29 is 4.79 Å². The topological polar surface area (TPSA) is 44.4 Å². The van der Waals surface area contributed by atoms with E-state index in [4.69, 9.17) is 0 Å². The number of thiophene rings is 1. The largest absolute Gasteiger partial charge is 0.347 e. The number of nitrogens with one attached hydrogen (secondary N) is 2. The second-order valence-electron chi connectivity index (χ2n) is 5.33. The molecule has 0 aliphatic carbocycles. The number of nitrogens with zero attached hydrogens (tertiary/aromatic N) is 1. The second kappa shape index (κ2) is 7.76. The lowest BCUT2D eigenvalue weighted by molar-refractivity contribution is -0.126. The van der Waals surface area contributed by atoms with Crippen molar-refractivity contribution in [2.45, 2.75) is 38.8 Å². The molecule has 0 aromatic carbocycles. The fourth-order valence-electron chi connectivity index (χ4n) is 2.59. The lowest BCUT2D eigenvalue weighted by atomic mass is 10.1. The Labute approximate surface area is 125 Å². The van der Waals surface area contributed by atoms with E-state index in [0.29, 0.717) is 0 Å². The van der Waals surface area contributed by atoms with E-state index in [0.717, 1.165) is 39.0 Å². The first kappa shape index (κ1) is 15.5. The lowest BCUT2D eigenvalue weighted by Crippen LogP contribution is -2.53. The number of hydrogen-bond acceptors (Lipinski definition) is 4. The van der Waals surface area contributed by atoms with Gasteiger partial charge in [-0.3, -0.25) is 9.69 Å². The van der Waals surface area contributed by atoms with Crippen LogP contribution in [0.5, 0.6) is 0 Å². The highest BCUT2D eigenvalue weighted by Gasteiger charge is 2.25. The van der Waals surface area contributed by atoms with Crippen LogP contribution in [0.1, 0.15) is 37.6 Å². The summed E-state index contributed by atoms with van der Waals surface area (Å²) in [5, 5.41) is 8.62. The minimum Gasteiger partial charge on any atom is -0.347 e. The molecule has 0 radical (unpaired) electrons. The van der Waals surface area contributed by atoms with Crippen LogP contribution >= 0.6 is 11.3 Å². The zero-order valence-electron chi connectivity index (χ0n) is 12.4. The lowest BCUT2D eigenvalue weighted by Gasteiger charge is -2.32. The van der Waals surface area contributed by atoms with Crippen LogP contribution in [0.25, 0.3) is 0 Å². The minimum atomic E-state index is -0.0450. The zero-order chi connectivity index (χ0) is 14.4. The number of hydrogen-bond donors (Lipinski definition) is 2. The van der Waals surface area contributed by atoms with Gasteiger partial charge in [-0.2, -0.15) is 0 Å². The van der Waals surface area contributed by atoms with Gasteiger partial charge in [-0.15, -0.1) is 11.3 Å². The van der Waals surface area contributed by atoms with Gasteiger partial charge in [0.05, 0.1) is 12.1 Å². The van der Waals surface area contributed by atoms with Crippen molar-refractivity contribution in [1.82, 2.24) is 15.5 Å². The Bertz CT molecular complexity index is 401. The highest BCUT2D eigenvalue weighted by atomic mass is 32.1. The van der Waals surface area contributed by atoms with E-state index in [1.807, 2.05) is 6.92 Å². The molecule has 1 amide bonds. The third kappa shape index (κ3) is 4.04. The fraction of sp³-hybridized carbons (Fsp3) is 0.667. The maximum atomic E-state index is 12.5. The summed E-state index contributed by atoms with van der Waals surface area (Å²) in [6.07, 6.45) is 2.07. The smallest absolute Gasteiger partial charge is 0.237 e. The van der Waals surface area contributed by atoms with Gasteiger partial charge >= 0.3 is 0 Å². The summed E-state index contributed by atoms with van der Waals surface area (Å²) in [6.45, 7) is 8.02. The normalized spacial score (nSPS) is 19.5. The van der Waals surface area contributed by atoms with Crippen LogP contribution in [-0.2, 0) is 4.79 Å². The van der Waals surface area contributed by atoms with Gasteiger partial charge in [0.25, 0.3) is 0 Å². The van der Waals surface area contributed by atoms with Crippen molar-refractivity contribution in [1.29, 1.82) is 0 Å². The number of amides is 1. The Morgan fingerprint density at radius 1 is 1.50 bits per heavy atom. The molecule has 1 aromatic heterocycles. The molecule has 20 heavy (non-hydrogen) atoms. The number of carbonyl (C=O) groups excluding carboxylic acids is 1. The van der Waals surface area contributed by atoms with Crippen molar-refractivity contribution in [3.05, 3.63) is 22.4 Å². The van der Waals surface area contributed by atoms with Crippen molar-refractivity contribution >= 4 is 17.2 Å². The van der Waals surface area contributed by atoms with Crippen LogP contribution in [0.15, 0.2) is 17.5 Å². The van der Waals surface area contributed by atoms with E-state index in [2.05, 4.69) is 40.0 Å². The number of carbonyl (C=O) groups is 1. The molecule has 2 rings (SSSR count). The Hall–Kier alpha value is -0.910. The van der Waals surface area contributed by atoms with E-state index in [-0.39, 0.29) is 18.0 Å². The molecule has 112 valence electrons. The quantitative estimate of drug-likeness (QED) is 0.844. The fourth-order valence-corrected chi connectivity index (χ4v) is 3.40. The molecule has 2 N–H and O–H groups in total. The first-order valence-electron chi connectivity index (χ1n) is 7.51. The molecule has 1 aliphatic heterocycles. The molecule has 0 spiro atoms. The third-order valence-corrected chi connectivity index (χ3v) is 4.85. The molecular weight excluding hydrogens is 270 g/mol. The average molecular weight is 295 g/mol. The van der Waals surface area contributed by atoms with Crippen molar-refractivity contribution in [2.75, 3.05) is 26.2 Å². The molecule has 2 heterocycles. The minimum absolute atomic E-state index is 0.0450. The predicted molar refractivity (Wildman–Crippen MR) is 84.0 cm³/mol. The van der Waals surface area contributed by atoms with Crippen molar-refractivity contribution in [2.24, 2.45) is 0 Å². The summed E-state index contributed by atoms with van der Waals surface area (Å²) in [6, 6.07) is 4.28. The molecule has 1 aliphatic rings.